The van der Waals surface area contributed by atoms with Gasteiger partial charge >= 0.3 is 0 Å². The fraction of sp³-hybridized carbons (Fsp3) is 0.455. The topological polar surface area (TPSA) is 49.3 Å². The van der Waals surface area contributed by atoms with Crippen molar-refractivity contribution in [3.63, 3.8) is 0 Å². The zero-order valence-corrected chi connectivity index (χ0v) is 9.97. The molecule has 0 heterocycles. The zero-order chi connectivity index (χ0) is 12.0. The first-order chi connectivity index (χ1) is 7.59. The molecule has 90 valence electrons. The summed E-state index contributed by atoms with van der Waals surface area (Å²) in [5.74, 6) is 0.251. The Balaban J connectivity index is 2.32. The Bertz CT molecular complexity index is 342. The number of aliphatic hydroxyl groups is 1. The van der Waals surface area contributed by atoms with Crippen molar-refractivity contribution >= 4 is 10.8 Å². The lowest BCUT2D eigenvalue weighted by molar-refractivity contribution is 0.175. The molecule has 2 N–H and O–H groups in total. The van der Waals surface area contributed by atoms with Crippen LogP contribution in [0.5, 0.6) is 0 Å². The molecule has 0 aliphatic rings. The highest BCUT2D eigenvalue weighted by Crippen LogP contribution is 2.11. The molecule has 16 heavy (non-hydrogen) atoms. The highest BCUT2D eigenvalue weighted by Gasteiger charge is 2.06. The van der Waals surface area contributed by atoms with Gasteiger partial charge in [0.05, 0.1) is 6.10 Å². The number of aliphatic hydroxyl groups excluding tert-OH is 1. The maximum Gasteiger partial charge on any atom is 0.123 e. The van der Waals surface area contributed by atoms with Crippen LogP contribution < -0.4 is 5.32 Å². The lowest BCUT2D eigenvalue weighted by atomic mass is 10.1. The van der Waals surface area contributed by atoms with Gasteiger partial charge in [-0.25, -0.2) is 4.39 Å². The van der Waals surface area contributed by atoms with E-state index in [1.54, 1.807) is 18.4 Å². The summed E-state index contributed by atoms with van der Waals surface area (Å²) in [7, 11) is -0.822. The molecule has 0 aliphatic heterocycles. The van der Waals surface area contributed by atoms with Crippen molar-refractivity contribution < 1.29 is 13.7 Å². The van der Waals surface area contributed by atoms with Crippen LogP contribution in [0.2, 0.25) is 0 Å². The standard InChI is InChI=1S/C11H16FNO2S/c1-16(15)7-6-13-8-11(14)9-2-4-10(12)5-3-9/h2-5,11,13-14H,6-8H2,1H3. The molecule has 1 aromatic rings. The van der Waals surface area contributed by atoms with Crippen molar-refractivity contribution in [1.82, 2.24) is 5.32 Å². The quantitative estimate of drug-likeness (QED) is 0.730. The summed E-state index contributed by atoms with van der Waals surface area (Å²) in [6.45, 7) is 0.976. The van der Waals surface area contributed by atoms with E-state index in [0.29, 0.717) is 24.4 Å². The van der Waals surface area contributed by atoms with Gasteiger partial charge in [-0.1, -0.05) is 12.1 Å². The Hall–Kier alpha value is -0.780. The molecule has 0 radical (unpaired) electrons. The molecule has 2 atom stereocenters. The Labute approximate surface area is 97.1 Å². The third-order valence-corrected chi connectivity index (χ3v) is 2.94. The predicted molar refractivity (Wildman–Crippen MR) is 63.2 cm³/mol. The maximum absolute atomic E-state index is 12.6. The Morgan fingerprint density at radius 3 is 2.62 bits per heavy atom. The Morgan fingerprint density at radius 2 is 2.06 bits per heavy atom. The van der Waals surface area contributed by atoms with Crippen molar-refractivity contribution in [2.45, 2.75) is 6.10 Å². The summed E-state index contributed by atoms with van der Waals surface area (Å²) in [5.41, 5.74) is 0.673. The second-order valence-corrected chi connectivity index (χ2v) is 5.10. The average Bonchev–Trinajstić information content (AvgIpc) is 2.25. The van der Waals surface area contributed by atoms with E-state index in [0.717, 1.165) is 0 Å². The lowest BCUT2D eigenvalue weighted by Crippen LogP contribution is -2.25. The Morgan fingerprint density at radius 1 is 1.44 bits per heavy atom. The zero-order valence-electron chi connectivity index (χ0n) is 9.15. The van der Waals surface area contributed by atoms with E-state index in [-0.39, 0.29) is 5.82 Å². The Kier molecular flexibility index (Phi) is 5.59. The molecular weight excluding hydrogens is 229 g/mol. The second-order valence-electron chi connectivity index (χ2n) is 3.55. The largest absolute Gasteiger partial charge is 0.387 e. The van der Waals surface area contributed by atoms with Gasteiger partial charge < -0.3 is 10.4 Å². The van der Waals surface area contributed by atoms with Gasteiger partial charge in [-0.15, -0.1) is 0 Å². The van der Waals surface area contributed by atoms with Crippen LogP contribution in [0.3, 0.4) is 0 Å². The first kappa shape index (κ1) is 13.3. The van der Waals surface area contributed by atoms with Gasteiger partial charge in [0.15, 0.2) is 0 Å². The predicted octanol–water partition coefficient (Wildman–Crippen LogP) is 0.827. The minimum Gasteiger partial charge on any atom is -0.387 e. The van der Waals surface area contributed by atoms with Crippen molar-refractivity contribution in [1.29, 1.82) is 0 Å². The molecule has 0 amide bonds. The minimum absolute atomic E-state index is 0.315. The number of halogens is 1. The van der Waals surface area contributed by atoms with E-state index in [2.05, 4.69) is 5.32 Å². The van der Waals surface area contributed by atoms with Gasteiger partial charge in [-0.3, -0.25) is 4.21 Å². The SMILES string of the molecule is CS(=O)CCNCC(O)c1ccc(F)cc1. The smallest absolute Gasteiger partial charge is 0.123 e. The normalized spacial score (nSPS) is 14.7. The minimum atomic E-state index is -0.822. The van der Waals surface area contributed by atoms with Crippen molar-refractivity contribution in [3.05, 3.63) is 35.6 Å². The van der Waals surface area contributed by atoms with Crippen LogP contribution >= 0.6 is 0 Å². The summed E-state index contributed by atoms with van der Waals surface area (Å²) >= 11 is 0. The van der Waals surface area contributed by atoms with Crippen molar-refractivity contribution in [2.24, 2.45) is 0 Å². The van der Waals surface area contributed by atoms with Crippen LogP contribution in [-0.4, -0.2) is 34.4 Å². The van der Waals surface area contributed by atoms with Gasteiger partial charge in [0, 0.05) is 35.9 Å². The monoisotopic (exact) mass is 245 g/mol. The lowest BCUT2D eigenvalue weighted by Gasteiger charge is -2.11. The highest BCUT2D eigenvalue weighted by atomic mass is 32.2. The maximum atomic E-state index is 12.6. The van der Waals surface area contributed by atoms with Gasteiger partial charge in [0.25, 0.3) is 0 Å². The molecule has 3 nitrogen and oxygen atoms in total. The second kappa shape index (κ2) is 6.73. The summed E-state index contributed by atoms with van der Waals surface area (Å²) in [6.07, 6.45) is 0.976. The highest BCUT2D eigenvalue weighted by molar-refractivity contribution is 7.84. The molecule has 1 rings (SSSR count). The molecule has 0 spiro atoms. The fourth-order valence-electron chi connectivity index (χ4n) is 1.26. The molecule has 2 unspecified atom stereocenters. The van der Waals surface area contributed by atoms with E-state index in [1.165, 1.54) is 12.1 Å². The van der Waals surface area contributed by atoms with E-state index in [9.17, 15) is 13.7 Å². The van der Waals surface area contributed by atoms with Crippen LogP contribution in [-0.2, 0) is 10.8 Å². The number of hydrogen-bond acceptors (Lipinski definition) is 3. The molecule has 0 saturated heterocycles. The van der Waals surface area contributed by atoms with E-state index >= 15 is 0 Å². The van der Waals surface area contributed by atoms with Gasteiger partial charge in [0.2, 0.25) is 0 Å². The van der Waals surface area contributed by atoms with Crippen LogP contribution in [0.4, 0.5) is 4.39 Å². The van der Waals surface area contributed by atoms with Crippen LogP contribution in [0.15, 0.2) is 24.3 Å². The summed E-state index contributed by atoms with van der Waals surface area (Å²) in [6, 6.07) is 5.75. The number of benzene rings is 1. The van der Waals surface area contributed by atoms with E-state index in [4.69, 9.17) is 0 Å². The molecule has 5 heteroatoms. The molecule has 0 aromatic heterocycles. The third-order valence-electron chi connectivity index (χ3n) is 2.16. The van der Waals surface area contributed by atoms with Crippen molar-refractivity contribution in [3.8, 4) is 0 Å². The van der Waals surface area contributed by atoms with Crippen LogP contribution in [0.1, 0.15) is 11.7 Å². The average molecular weight is 245 g/mol. The van der Waals surface area contributed by atoms with Gasteiger partial charge in [0.1, 0.15) is 5.82 Å². The summed E-state index contributed by atoms with van der Waals surface area (Å²) in [4.78, 5) is 0. The molecule has 0 fully saturated rings. The number of rotatable bonds is 6. The molecule has 0 aliphatic carbocycles. The summed E-state index contributed by atoms with van der Waals surface area (Å²) < 4.78 is 23.4. The molecule has 1 aromatic carbocycles. The first-order valence-electron chi connectivity index (χ1n) is 5.04. The van der Waals surface area contributed by atoms with Crippen LogP contribution in [0.25, 0.3) is 0 Å². The molecular formula is C11H16FNO2S. The van der Waals surface area contributed by atoms with Crippen LogP contribution in [0, 0.1) is 5.82 Å². The number of nitrogens with one attached hydrogen (secondary N) is 1. The van der Waals surface area contributed by atoms with Crippen molar-refractivity contribution in [2.75, 3.05) is 25.1 Å². The van der Waals surface area contributed by atoms with Gasteiger partial charge in [-0.2, -0.15) is 0 Å². The van der Waals surface area contributed by atoms with E-state index < -0.39 is 16.9 Å². The van der Waals surface area contributed by atoms with E-state index in [1.807, 2.05) is 0 Å². The fourth-order valence-corrected chi connectivity index (χ4v) is 1.69. The summed E-state index contributed by atoms with van der Waals surface area (Å²) in [5, 5.41) is 12.7. The third kappa shape index (κ3) is 4.83. The number of hydrogen-bond donors (Lipinski definition) is 2. The first-order valence-corrected chi connectivity index (χ1v) is 6.76. The molecule has 0 saturated carbocycles. The molecule has 0 bridgehead atoms. The van der Waals surface area contributed by atoms with Gasteiger partial charge in [-0.05, 0) is 17.7 Å².